The van der Waals surface area contributed by atoms with E-state index in [9.17, 15) is 13.6 Å². The van der Waals surface area contributed by atoms with Gasteiger partial charge in [0.15, 0.2) is 0 Å². The summed E-state index contributed by atoms with van der Waals surface area (Å²) in [6.07, 6.45) is 1.76. The Balaban J connectivity index is 1.92. The number of nitrogens with two attached hydrogens (primary N) is 1. The van der Waals surface area contributed by atoms with Crippen molar-refractivity contribution in [1.82, 2.24) is 14.5 Å². The highest BCUT2D eigenvalue weighted by Gasteiger charge is 2.40. The predicted octanol–water partition coefficient (Wildman–Crippen LogP) is 4.34. The first-order valence-electron chi connectivity index (χ1n) is 11.4. The fourth-order valence-electron chi connectivity index (χ4n) is 4.42. The van der Waals surface area contributed by atoms with Crippen LogP contribution in [-0.2, 0) is 9.53 Å². The van der Waals surface area contributed by atoms with Crippen LogP contribution < -0.4 is 5.73 Å². The van der Waals surface area contributed by atoms with Crippen LogP contribution >= 0.6 is 0 Å². The highest BCUT2D eigenvalue weighted by molar-refractivity contribution is 5.78. The number of imidazole rings is 1. The summed E-state index contributed by atoms with van der Waals surface area (Å²) >= 11 is 0. The Hall–Kier alpha value is -3.10. The summed E-state index contributed by atoms with van der Waals surface area (Å²) in [5.74, 6) is -0.381. The second kappa shape index (κ2) is 9.64. The van der Waals surface area contributed by atoms with Crippen molar-refractivity contribution in [1.29, 1.82) is 0 Å². The number of rotatable bonds is 5. The molecule has 0 saturated carbocycles. The Morgan fingerprint density at radius 1 is 1.15 bits per heavy atom. The molecule has 0 radical (unpaired) electrons. The standard InChI is InChI=1S/C26H30F2N4O2/c1-26(2,3)24(32-13-17(12-29)15-34-16-23(32)33)25-30-22(18-6-4-7-19(27)10-18)14-31(25)21-9-5-8-20(28)11-21/h4-11,14,17,24H,12-13,15-16,29H2,1-3H3/t17-,24-/m0/s1. The van der Waals surface area contributed by atoms with Gasteiger partial charge in [-0.2, -0.15) is 0 Å². The van der Waals surface area contributed by atoms with Crippen molar-refractivity contribution in [3.8, 4) is 16.9 Å². The van der Waals surface area contributed by atoms with Crippen LogP contribution in [0, 0.1) is 23.0 Å². The molecule has 2 atom stereocenters. The highest BCUT2D eigenvalue weighted by Crippen LogP contribution is 2.40. The van der Waals surface area contributed by atoms with E-state index in [0.29, 0.717) is 42.5 Å². The van der Waals surface area contributed by atoms with Crippen LogP contribution in [0.4, 0.5) is 8.78 Å². The number of carbonyl (C=O) groups excluding carboxylic acids is 1. The number of hydrogen-bond donors (Lipinski definition) is 1. The van der Waals surface area contributed by atoms with Gasteiger partial charge >= 0.3 is 0 Å². The first-order valence-corrected chi connectivity index (χ1v) is 11.4. The molecule has 1 saturated heterocycles. The number of hydrogen-bond acceptors (Lipinski definition) is 4. The van der Waals surface area contributed by atoms with Gasteiger partial charge in [-0.3, -0.25) is 4.79 Å². The van der Waals surface area contributed by atoms with Crippen molar-refractivity contribution in [3.63, 3.8) is 0 Å². The van der Waals surface area contributed by atoms with Crippen LogP contribution in [0.25, 0.3) is 16.9 Å². The summed E-state index contributed by atoms with van der Waals surface area (Å²) in [5, 5.41) is 0. The number of nitrogens with zero attached hydrogens (tertiary/aromatic N) is 3. The van der Waals surface area contributed by atoms with Crippen molar-refractivity contribution in [2.24, 2.45) is 17.1 Å². The molecule has 1 aliphatic heterocycles. The molecule has 0 spiro atoms. The minimum absolute atomic E-state index is 0.0171. The summed E-state index contributed by atoms with van der Waals surface area (Å²) in [6.45, 7) is 7.25. The fraction of sp³-hybridized carbons (Fsp3) is 0.385. The van der Waals surface area contributed by atoms with E-state index in [1.54, 1.807) is 39.9 Å². The Morgan fingerprint density at radius 3 is 2.50 bits per heavy atom. The summed E-state index contributed by atoms with van der Waals surface area (Å²) in [6, 6.07) is 11.9. The van der Waals surface area contributed by atoms with Crippen LogP contribution in [0.3, 0.4) is 0 Å². The molecule has 180 valence electrons. The van der Waals surface area contributed by atoms with Gasteiger partial charge < -0.3 is 19.9 Å². The van der Waals surface area contributed by atoms with E-state index < -0.39 is 11.5 Å². The maximum atomic E-state index is 14.2. The number of amides is 1. The van der Waals surface area contributed by atoms with Crippen LogP contribution in [0.1, 0.15) is 32.6 Å². The fourth-order valence-corrected chi connectivity index (χ4v) is 4.42. The molecular formula is C26H30F2N4O2. The van der Waals surface area contributed by atoms with Gasteiger partial charge in [0.25, 0.3) is 0 Å². The number of carbonyl (C=O) groups is 1. The Kier molecular flexibility index (Phi) is 6.81. The molecule has 1 aliphatic rings. The van der Waals surface area contributed by atoms with Crippen molar-refractivity contribution >= 4 is 5.91 Å². The third-order valence-electron chi connectivity index (χ3n) is 6.00. The zero-order valence-electron chi connectivity index (χ0n) is 19.7. The largest absolute Gasteiger partial charge is 0.371 e. The second-order valence-corrected chi connectivity index (χ2v) is 9.78. The number of benzene rings is 2. The van der Waals surface area contributed by atoms with E-state index in [4.69, 9.17) is 15.5 Å². The summed E-state index contributed by atoms with van der Waals surface area (Å²) in [7, 11) is 0. The van der Waals surface area contributed by atoms with Gasteiger partial charge in [0, 0.05) is 29.9 Å². The van der Waals surface area contributed by atoms with Gasteiger partial charge in [-0.1, -0.05) is 39.0 Å². The summed E-state index contributed by atoms with van der Waals surface area (Å²) in [4.78, 5) is 19.8. The van der Waals surface area contributed by atoms with Crippen molar-refractivity contribution in [2.75, 3.05) is 26.3 Å². The normalized spacial score (nSPS) is 18.1. The Morgan fingerprint density at radius 2 is 1.85 bits per heavy atom. The molecule has 0 aliphatic carbocycles. The molecule has 6 nitrogen and oxygen atoms in total. The topological polar surface area (TPSA) is 73.4 Å². The lowest BCUT2D eigenvalue weighted by atomic mass is 9.84. The lowest BCUT2D eigenvalue weighted by Gasteiger charge is -2.40. The van der Waals surface area contributed by atoms with Gasteiger partial charge in [0.2, 0.25) is 5.91 Å². The SMILES string of the molecule is CC(C)(C)[C@H](c1nc(-c2cccc(F)c2)cn1-c1cccc(F)c1)N1C[C@H](CN)COCC1=O. The van der Waals surface area contributed by atoms with Gasteiger partial charge in [0.1, 0.15) is 24.1 Å². The maximum Gasteiger partial charge on any atom is 0.249 e. The second-order valence-electron chi connectivity index (χ2n) is 9.78. The molecular weight excluding hydrogens is 438 g/mol. The van der Waals surface area contributed by atoms with Gasteiger partial charge in [0.05, 0.1) is 18.3 Å². The molecule has 3 aromatic rings. The lowest BCUT2D eigenvalue weighted by molar-refractivity contribution is -0.139. The van der Waals surface area contributed by atoms with E-state index >= 15 is 0 Å². The van der Waals surface area contributed by atoms with Crippen LogP contribution in [0.2, 0.25) is 0 Å². The van der Waals surface area contributed by atoms with Gasteiger partial charge in [-0.05, 0) is 42.3 Å². The number of aromatic nitrogens is 2. The average Bonchev–Trinajstić information content (AvgIpc) is 3.12. The first-order chi connectivity index (χ1) is 16.2. The molecule has 4 rings (SSSR count). The predicted molar refractivity (Wildman–Crippen MR) is 126 cm³/mol. The minimum atomic E-state index is -0.471. The van der Waals surface area contributed by atoms with Crippen molar-refractivity contribution in [3.05, 3.63) is 72.2 Å². The van der Waals surface area contributed by atoms with Crippen LogP contribution in [0.5, 0.6) is 0 Å². The highest BCUT2D eigenvalue weighted by atomic mass is 19.1. The molecule has 34 heavy (non-hydrogen) atoms. The first kappa shape index (κ1) is 24.0. The summed E-state index contributed by atoms with van der Waals surface area (Å²) in [5.41, 5.74) is 7.19. The van der Waals surface area contributed by atoms with Crippen molar-refractivity contribution < 1.29 is 18.3 Å². The minimum Gasteiger partial charge on any atom is -0.371 e. The molecule has 2 N–H and O–H groups in total. The molecule has 2 heterocycles. The molecule has 0 unspecified atom stereocenters. The maximum absolute atomic E-state index is 14.2. The van der Waals surface area contributed by atoms with Crippen LogP contribution in [-0.4, -0.2) is 46.7 Å². The molecule has 8 heteroatoms. The van der Waals surface area contributed by atoms with Gasteiger partial charge in [-0.15, -0.1) is 0 Å². The monoisotopic (exact) mass is 468 g/mol. The zero-order chi connectivity index (χ0) is 24.5. The molecule has 0 bridgehead atoms. The molecule has 1 fully saturated rings. The van der Waals surface area contributed by atoms with E-state index in [1.807, 2.05) is 20.8 Å². The van der Waals surface area contributed by atoms with E-state index in [2.05, 4.69) is 0 Å². The Bertz CT molecular complexity index is 1170. The van der Waals surface area contributed by atoms with E-state index in [1.165, 1.54) is 24.3 Å². The van der Waals surface area contributed by atoms with E-state index in [-0.39, 0.29) is 30.1 Å². The third kappa shape index (κ3) is 5.03. The Labute approximate surface area is 198 Å². The molecule has 1 amide bonds. The smallest absolute Gasteiger partial charge is 0.249 e. The van der Waals surface area contributed by atoms with E-state index in [0.717, 1.165) is 0 Å². The number of ether oxygens (including phenoxy) is 1. The average molecular weight is 469 g/mol. The van der Waals surface area contributed by atoms with Crippen molar-refractivity contribution in [2.45, 2.75) is 26.8 Å². The quantitative estimate of drug-likeness (QED) is 0.605. The molecule has 1 aromatic heterocycles. The lowest BCUT2D eigenvalue weighted by Crippen LogP contribution is -2.45. The van der Waals surface area contributed by atoms with Crippen LogP contribution in [0.15, 0.2) is 54.7 Å². The van der Waals surface area contributed by atoms with Gasteiger partial charge in [-0.25, -0.2) is 13.8 Å². The zero-order valence-corrected chi connectivity index (χ0v) is 19.7. The third-order valence-corrected chi connectivity index (χ3v) is 6.00. The molecule has 2 aromatic carbocycles. The number of halogens is 2. The summed E-state index contributed by atoms with van der Waals surface area (Å²) < 4.78 is 35.5.